The van der Waals surface area contributed by atoms with E-state index >= 15 is 0 Å². The van der Waals surface area contributed by atoms with E-state index in [1.807, 2.05) is 0 Å². The fourth-order valence-corrected chi connectivity index (χ4v) is 2.59. The third-order valence-corrected chi connectivity index (χ3v) is 4.33. The Kier molecular flexibility index (Phi) is 5.28. The van der Waals surface area contributed by atoms with E-state index in [-0.39, 0.29) is 27.1 Å². The van der Waals surface area contributed by atoms with Gasteiger partial charge in [-0.05, 0) is 38.2 Å². The SMILES string of the molecule is CC(C)NC(=O)c1cc(-n2c(=O)n(C)c(=S)n(C)c2=O)c(F)cc1Cl. The maximum atomic E-state index is 14.4. The highest BCUT2D eigenvalue weighted by Crippen LogP contribution is 2.22. The van der Waals surface area contributed by atoms with Crippen LogP contribution in [0, 0.1) is 10.6 Å². The molecule has 0 aliphatic rings. The molecule has 2 rings (SSSR count). The molecule has 1 amide bonds. The highest BCUT2D eigenvalue weighted by Gasteiger charge is 2.20. The van der Waals surface area contributed by atoms with Gasteiger partial charge in [0.2, 0.25) is 0 Å². The molecular weight excluding hydrogens is 371 g/mol. The Bertz CT molecular complexity index is 999. The topological polar surface area (TPSA) is 78.0 Å². The zero-order chi connectivity index (χ0) is 19.0. The summed E-state index contributed by atoms with van der Waals surface area (Å²) in [5.74, 6) is -1.46. The summed E-state index contributed by atoms with van der Waals surface area (Å²) in [5.41, 5.74) is -2.09. The minimum atomic E-state index is -0.914. The van der Waals surface area contributed by atoms with Gasteiger partial charge in [0.05, 0.1) is 16.3 Å². The van der Waals surface area contributed by atoms with E-state index in [1.54, 1.807) is 13.8 Å². The van der Waals surface area contributed by atoms with E-state index in [0.717, 1.165) is 21.3 Å². The maximum absolute atomic E-state index is 14.4. The molecule has 7 nitrogen and oxygen atoms in total. The summed E-state index contributed by atoms with van der Waals surface area (Å²) in [6, 6.07) is 1.78. The van der Waals surface area contributed by atoms with Gasteiger partial charge in [-0.3, -0.25) is 13.9 Å². The highest BCUT2D eigenvalue weighted by molar-refractivity contribution is 7.71. The van der Waals surface area contributed by atoms with Gasteiger partial charge >= 0.3 is 11.4 Å². The Morgan fingerprint density at radius 1 is 1.20 bits per heavy atom. The van der Waals surface area contributed by atoms with Crippen LogP contribution in [0.2, 0.25) is 5.02 Å². The Labute approximate surface area is 152 Å². The van der Waals surface area contributed by atoms with Crippen molar-refractivity contribution in [2.45, 2.75) is 19.9 Å². The van der Waals surface area contributed by atoms with Crippen LogP contribution in [-0.2, 0) is 14.1 Å². The molecule has 0 aliphatic carbocycles. The first-order valence-corrected chi connectivity index (χ1v) is 8.04. The van der Waals surface area contributed by atoms with Crippen molar-refractivity contribution in [3.05, 3.63) is 54.3 Å². The van der Waals surface area contributed by atoms with Crippen LogP contribution < -0.4 is 16.7 Å². The molecule has 0 aliphatic heterocycles. The van der Waals surface area contributed by atoms with Gasteiger partial charge in [-0.15, -0.1) is 0 Å². The fourth-order valence-electron chi connectivity index (χ4n) is 2.20. The van der Waals surface area contributed by atoms with E-state index < -0.39 is 23.1 Å². The van der Waals surface area contributed by atoms with Crippen LogP contribution in [0.1, 0.15) is 24.2 Å². The number of hydrogen-bond donors (Lipinski definition) is 1. The Morgan fingerprint density at radius 2 is 1.72 bits per heavy atom. The average molecular weight is 387 g/mol. The summed E-state index contributed by atoms with van der Waals surface area (Å²) < 4.78 is 17.0. The van der Waals surface area contributed by atoms with Crippen LogP contribution in [0.25, 0.3) is 5.69 Å². The lowest BCUT2D eigenvalue weighted by Crippen LogP contribution is -2.44. The van der Waals surface area contributed by atoms with Gasteiger partial charge < -0.3 is 5.32 Å². The monoisotopic (exact) mass is 386 g/mol. The summed E-state index contributed by atoms with van der Waals surface area (Å²) in [4.78, 5) is 37.0. The molecule has 0 atom stereocenters. The standard InChI is InChI=1S/C15H16ClFN4O3S/c1-7(2)18-12(22)8-5-11(10(17)6-9(8)16)21-13(23)19(3)15(25)20(4)14(21)24/h5-7H,1-4H3,(H,18,22). The minimum absolute atomic E-state index is 0.0154. The van der Waals surface area contributed by atoms with Crippen molar-refractivity contribution in [2.75, 3.05) is 0 Å². The van der Waals surface area contributed by atoms with E-state index in [4.69, 9.17) is 23.8 Å². The second kappa shape index (κ2) is 6.93. The lowest BCUT2D eigenvalue weighted by atomic mass is 10.1. The normalized spacial score (nSPS) is 11.0. The molecule has 1 aromatic carbocycles. The third kappa shape index (κ3) is 3.42. The molecule has 1 N–H and O–H groups in total. The molecule has 0 saturated carbocycles. The van der Waals surface area contributed by atoms with Crippen molar-refractivity contribution < 1.29 is 9.18 Å². The van der Waals surface area contributed by atoms with Gasteiger partial charge in [0.25, 0.3) is 5.91 Å². The molecule has 1 heterocycles. The summed E-state index contributed by atoms with van der Waals surface area (Å²) in [7, 11) is 2.72. The number of carbonyl (C=O) groups is 1. The first kappa shape index (κ1) is 19.1. The average Bonchev–Trinajstić information content (AvgIpc) is 2.52. The molecule has 1 aromatic heterocycles. The fraction of sp³-hybridized carbons (Fsp3) is 0.333. The number of amides is 1. The first-order chi connectivity index (χ1) is 11.6. The lowest BCUT2D eigenvalue weighted by Gasteiger charge is -2.14. The summed E-state index contributed by atoms with van der Waals surface area (Å²) in [6.07, 6.45) is 0. The van der Waals surface area contributed by atoms with Gasteiger partial charge in [-0.25, -0.2) is 18.5 Å². The van der Waals surface area contributed by atoms with Crippen molar-refractivity contribution in [1.29, 1.82) is 0 Å². The number of rotatable bonds is 3. The van der Waals surface area contributed by atoms with Crippen molar-refractivity contribution >= 4 is 29.7 Å². The van der Waals surface area contributed by atoms with E-state index in [1.165, 1.54) is 14.1 Å². The van der Waals surface area contributed by atoms with Crippen LogP contribution in [0.3, 0.4) is 0 Å². The second-order valence-electron chi connectivity index (χ2n) is 5.71. The summed E-state index contributed by atoms with van der Waals surface area (Å²) in [6.45, 7) is 3.50. The molecule has 0 bridgehead atoms. The summed E-state index contributed by atoms with van der Waals surface area (Å²) >= 11 is 10.9. The zero-order valence-corrected chi connectivity index (χ0v) is 15.5. The van der Waals surface area contributed by atoms with Crippen LogP contribution >= 0.6 is 23.8 Å². The van der Waals surface area contributed by atoms with Crippen molar-refractivity contribution in [2.24, 2.45) is 14.1 Å². The van der Waals surface area contributed by atoms with Crippen molar-refractivity contribution in [1.82, 2.24) is 19.0 Å². The van der Waals surface area contributed by atoms with Crippen LogP contribution in [0.15, 0.2) is 21.7 Å². The van der Waals surface area contributed by atoms with Gasteiger partial charge in [-0.1, -0.05) is 11.6 Å². The molecule has 0 unspecified atom stereocenters. The van der Waals surface area contributed by atoms with E-state index in [0.29, 0.717) is 4.57 Å². The zero-order valence-electron chi connectivity index (χ0n) is 14.0. The highest BCUT2D eigenvalue weighted by atomic mass is 35.5. The van der Waals surface area contributed by atoms with Crippen LogP contribution in [0.5, 0.6) is 0 Å². The second-order valence-corrected chi connectivity index (χ2v) is 6.49. The number of halogens is 2. The van der Waals surface area contributed by atoms with Gasteiger partial charge in [0.1, 0.15) is 5.82 Å². The van der Waals surface area contributed by atoms with Crippen LogP contribution in [0.4, 0.5) is 4.39 Å². The maximum Gasteiger partial charge on any atom is 0.338 e. The Balaban J connectivity index is 2.82. The number of hydrogen-bond acceptors (Lipinski definition) is 4. The van der Waals surface area contributed by atoms with Crippen molar-refractivity contribution in [3.8, 4) is 5.69 Å². The lowest BCUT2D eigenvalue weighted by molar-refractivity contribution is 0.0943. The number of aromatic nitrogens is 3. The first-order valence-electron chi connectivity index (χ1n) is 7.25. The molecule has 10 heteroatoms. The van der Waals surface area contributed by atoms with Gasteiger partial charge in [0.15, 0.2) is 4.77 Å². The Hall–Kier alpha value is -2.26. The number of nitrogens with one attached hydrogen (secondary N) is 1. The minimum Gasteiger partial charge on any atom is -0.350 e. The number of carbonyl (C=O) groups excluding carboxylic acids is 1. The largest absolute Gasteiger partial charge is 0.350 e. The summed E-state index contributed by atoms with van der Waals surface area (Å²) in [5, 5.41) is 2.49. The number of nitrogens with zero attached hydrogens (tertiary/aromatic N) is 3. The van der Waals surface area contributed by atoms with E-state index in [9.17, 15) is 18.8 Å². The smallest absolute Gasteiger partial charge is 0.338 e. The molecule has 134 valence electrons. The number of benzene rings is 1. The van der Waals surface area contributed by atoms with Gasteiger partial charge in [-0.2, -0.15) is 0 Å². The molecule has 0 spiro atoms. The molecule has 25 heavy (non-hydrogen) atoms. The Morgan fingerprint density at radius 3 is 2.20 bits per heavy atom. The molecule has 2 aromatic rings. The quantitative estimate of drug-likeness (QED) is 0.811. The molecule has 0 saturated heterocycles. The van der Waals surface area contributed by atoms with Crippen LogP contribution in [-0.4, -0.2) is 25.7 Å². The third-order valence-electron chi connectivity index (χ3n) is 3.47. The molecule has 0 fully saturated rings. The predicted octanol–water partition coefficient (Wildman–Crippen LogP) is 1.53. The van der Waals surface area contributed by atoms with Crippen molar-refractivity contribution in [3.63, 3.8) is 0 Å². The van der Waals surface area contributed by atoms with Gasteiger partial charge in [0, 0.05) is 20.1 Å². The molecule has 0 radical (unpaired) electrons. The predicted molar refractivity (Wildman–Crippen MR) is 94.7 cm³/mol. The van der Waals surface area contributed by atoms with E-state index in [2.05, 4.69) is 5.32 Å². The molecular formula is C15H16ClFN4O3S.